The number of anilines is 5. The van der Waals surface area contributed by atoms with Gasteiger partial charge in [0.1, 0.15) is 12.1 Å². The molecule has 0 bridgehead atoms. The molecule has 4 heterocycles. The first-order chi connectivity index (χ1) is 16.7. The van der Waals surface area contributed by atoms with Crippen molar-refractivity contribution in [3.05, 3.63) is 55.0 Å². The second-order valence-corrected chi connectivity index (χ2v) is 8.39. The van der Waals surface area contributed by atoms with E-state index < -0.39 is 0 Å². The van der Waals surface area contributed by atoms with Gasteiger partial charge in [-0.25, -0.2) is 9.97 Å². The molecule has 0 spiro atoms. The van der Waals surface area contributed by atoms with Crippen molar-refractivity contribution in [3.63, 3.8) is 0 Å². The monoisotopic (exact) mass is 460 g/mol. The molecule has 2 saturated heterocycles. The number of benzene rings is 1. The van der Waals surface area contributed by atoms with Gasteiger partial charge in [-0.15, -0.1) is 10.2 Å². The van der Waals surface area contributed by atoms with Gasteiger partial charge in [0.05, 0.1) is 13.2 Å². The van der Waals surface area contributed by atoms with E-state index >= 15 is 0 Å². The fourth-order valence-corrected chi connectivity index (χ4v) is 4.25. The average Bonchev–Trinajstić information content (AvgIpc) is 2.91. The minimum absolute atomic E-state index is 0.0122. The zero-order valence-corrected chi connectivity index (χ0v) is 18.9. The summed E-state index contributed by atoms with van der Waals surface area (Å²) in [6, 6.07) is 13.7. The maximum absolute atomic E-state index is 12.8. The minimum atomic E-state index is -0.0122. The fraction of sp³-hybridized carbons (Fsp3) is 0.375. The summed E-state index contributed by atoms with van der Waals surface area (Å²) in [6.45, 7) is 4.84. The molecule has 3 aromatic rings. The molecule has 1 amide bonds. The molecule has 176 valence electrons. The van der Waals surface area contributed by atoms with Gasteiger partial charge in [0.25, 0.3) is 0 Å². The third kappa shape index (κ3) is 5.40. The maximum atomic E-state index is 12.8. The van der Waals surface area contributed by atoms with Crippen molar-refractivity contribution < 1.29 is 9.53 Å². The van der Waals surface area contributed by atoms with E-state index in [4.69, 9.17) is 4.74 Å². The van der Waals surface area contributed by atoms with Crippen molar-refractivity contribution in [1.29, 1.82) is 0 Å². The molecule has 0 atom stereocenters. The summed E-state index contributed by atoms with van der Waals surface area (Å²) in [5, 5.41) is 14.8. The molecular formula is C24H28N8O2. The fourth-order valence-electron chi connectivity index (χ4n) is 4.25. The molecule has 0 aliphatic carbocycles. The Morgan fingerprint density at radius 2 is 1.68 bits per heavy atom. The van der Waals surface area contributed by atoms with Crippen molar-refractivity contribution in [1.82, 2.24) is 20.2 Å². The number of nitrogens with zero attached hydrogens (tertiary/aromatic N) is 6. The predicted molar refractivity (Wildman–Crippen MR) is 130 cm³/mol. The number of aromatic nitrogens is 4. The summed E-state index contributed by atoms with van der Waals surface area (Å²) < 4.78 is 5.41. The van der Waals surface area contributed by atoms with Gasteiger partial charge in [0, 0.05) is 49.7 Å². The van der Waals surface area contributed by atoms with Gasteiger partial charge in [0.2, 0.25) is 5.91 Å². The molecule has 0 unspecified atom stereocenters. The molecular weight excluding hydrogens is 432 g/mol. The van der Waals surface area contributed by atoms with Crippen LogP contribution in [0.15, 0.2) is 55.0 Å². The number of hydrogen-bond acceptors (Lipinski definition) is 9. The van der Waals surface area contributed by atoms with Crippen LogP contribution in [-0.2, 0) is 9.53 Å². The molecule has 2 aromatic heterocycles. The van der Waals surface area contributed by atoms with Gasteiger partial charge in [-0.2, -0.15) is 0 Å². The normalized spacial score (nSPS) is 16.8. The van der Waals surface area contributed by atoms with Crippen molar-refractivity contribution in [2.45, 2.75) is 12.8 Å². The van der Waals surface area contributed by atoms with Gasteiger partial charge >= 0.3 is 0 Å². The van der Waals surface area contributed by atoms with Gasteiger partial charge in [-0.3, -0.25) is 4.79 Å². The number of ether oxygens (including phenoxy) is 1. The first-order valence-corrected chi connectivity index (χ1v) is 11.6. The largest absolute Gasteiger partial charge is 0.378 e. The van der Waals surface area contributed by atoms with Crippen LogP contribution in [0, 0.1) is 5.92 Å². The number of piperidine rings is 1. The maximum Gasteiger partial charge on any atom is 0.227 e. The SMILES string of the molecule is O=C(Nc1ccc(N2CCOCC2)cc1)C1CCN(c2ccc(Nc3ccncn3)nn2)CC1. The van der Waals surface area contributed by atoms with E-state index in [0.29, 0.717) is 11.6 Å². The molecule has 1 aromatic carbocycles. The van der Waals surface area contributed by atoms with Crippen molar-refractivity contribution in [3.8, 4) is 0 Å². The van der Waals surface area contributed by atoms with Crippen molar-refractivity contribution in [2.75, 3.05) is 59.8 Å². The standard InChI is InChI=1S/C24H28N8O2/c33-24(27-19-1-3-20(4-2-19)31-13-15-34-16-14-31)18-8-11-32(12-9-18)23-6-5-22(29-30-23)28-21-7-10-25-17-26-21/h1-7,10,17-18H,8-9,11-16H2,(H,27,33)(H,25,26,28,29). The van der Waals surface area contributed by atoms with Crippen LogP contribution in [0.2, 0.25) is 0 Å². The molecule has 34 heavy (non-hydrogen) atoms. The Kier molecular flexibility index (Phi) is 6.76. The molecule has 5 rings (SSSR count). The highest BCUT2D eigenvalue weighted by Crippen LogP contribution is 2.25. The smallest absolute Gasteiger partial charge is 0.227 e. The van der Waals surface area contributed by atoms with E-state index in [1.807, 2.05) is 24.3 Å². The Morgan fingerprint density at radius 3 is 2.35 bits per heavy atom. The molecule has 2 aliphatic heterocycles. The summed E-state index contributed by atoms with van der Waals surface area (Å²) in [5.41, 5.74) is 2.00. The molecule has 2 aliphatic rings. The summed E-state index contributed by atoms with van der Waals surface area (Å²) >= 11 is 0. The molecule has 2 N–H and O–H groups in total. The Bertz CT molecular complexity index is 1060. The van der Waals surface area contributed by atoms with Crippen LogP contribution >= 0.6 is 0 Å². The number of nitrogens with one attached hydrogen (secondary N) is 2. The summed E-state index contributed by atoms with van der Waals surface area (Å²) in [7, 11) is 0. The van der Waals surface area contributed by atoms with Crippen LogP contribution in [0.25, 0.3) is 0 Å². The average molecular weight is 461 g/mol. The van der Waals surface area contributed by atoms with E-state index in [-0.39, 0.29) is 11.8 Å². The zero-order chi connectivity index (χ0) is 23.2. The quantitative estimate of drug-likeness (QED) is 0.574. The van der Waals surface area contributed by atoms with Crippen LogP contribution in [0.5, 0.6) is 0 Å². The Labute approximate surface area is 198 Å². The second-order valence-electron chi connectivity index (χ2n) is 8.39. The number of hydrogen-bond donors (Lipinski definition) is 2. The number of rotatable bonds is 6. The number of amides is 1. The van der Waals surface area contributed by atoms with Gasteiger partial charge in [-0.05, 0) is 55.3 Å². The van der Waals surface area contributed by atoms with Crippen molar-refractivity contribution >= 4 is 34.7 Å². The van der Waals surface area contributed by atoms with Crippen LogP contribution in [0.1, 0.15) is 12.8 Å². The van der Waals surface area contributed by atoms with E-state index in [0.717, 1.165) is 69.4 Å². The first kappa shape index (κ1) is 22.0. The molecule has 0 saturated carbocycles. The Morgan fingerprint density at radius 1 is 0.882 bits per heavy atom. The highest BCUT2D eigenvalue weighted by molar-refractivity contribution is 5.92. The van der Waals surface area contributed by atoms with E-state index in [1.54, 1.807) is 12.3 Å². The number of morpholine rings is 1. The summed E-state index contributed by atoms with van der Waals surface area (Å²) in [4.78, 5) is 25.3. The highest BCUT2D eigenvalue weighted by Gasteiger charge is 2.26. The molecule has 0 radical (unpaired) electrons. The van der Waals surface area contributed by atoms with Crippen LogP contribution in [0.3, 0.4) is 0 Å². The van der Waals surface area contributed by atoms with E-state index in [2.05, 4.69) is 52.7 Å². The van der Waals surface area contributed by atoms with E-state index in [1.165, 1.54) is 6.33 Å². The van der Waals surface area contributed by atoms with Crippen LogP contribution in [0.4, 0.5) is 28.8 Å². The summed E-state index contributed by atoms with van der Waals surface area (Å²) in [6.07, 6.45) is 4.70. The molecule has 2 fully saturated rings. The van der Waals surface area contributed by atoms with E-state index in [9.17, 15) is 4.79 Å². The lowest BCUT2D eigenvalue weighted by molar-refractivity contribution is -0.120. The number of carbonyl (C=O) groups excluding carboxylic acids is 1. The van der Waals surface area contributed by atoms with Gasteiger partial charge in [-0.1, -0.05) is 0 Å². The summed E-state index contributed by atoms with van der Waals surface area (Å²) in [5.74, 6) is 2.16. The lowest BCUT2D eigenvalue weighted by Crippen LogP contribution is -2.38. The van der Waals surface area contributed by atoms with Gasteiger partial charge in [0.15, 0.2) is 11.6 Å². The predicted octanol–water partition coefficient (Wildman–Crippen LogP) is 2.70. The first-order valence-electron chi connectivity index (χ1n) is 11.6. The number of carbonyl (C=O) groups is 1. The third-order valence-electron chi connectivity index (χ3n) is 6.19. The van der Waals surface area contributed by atoms with Crippen LogP contribution in [-0.4, -0.2) is 65.5 Å². The van der Waals surface area contributed by atoms with Crippen LogP contribution < -0.4 is 20.4 Å². The highest BCUT2D eigenvalue weighted by atomic mass is 16.5. The zero-order valence-electron chi connectivity index (χ0n) is 18.9. The lowest BCUT2D eigenvalue weighted by Gasteiger charge is -2.32. The third-order valence-corrected chi connectivity index (χ3v) is 6.19. The molecule has 10 heteroatoms. The Hall–Kier alpha value is -3.79. The minimum Gasteiger partial charge on any atom is -0.378 e. The second kappa shape index (κ2) is 10.4. The Balaban J connectivity index is 1.10. The molecule has 10 nitrogen and oxygen atoms in total. The van der Waals surface area contributed by atoms with Crippen molar-refractivity contribution in [2.24, 2.45) is 5.92 Å². The van der Waals surface area contributed by atoms with Gasteiger partial charge < -0.3 is 25.2 Å². The topological polar surface area (TPSA) is 108 Å². The lowest BCUT2D eigenvalue weighted by atomic mass is 9.96.